The number of hydrogen-bond acceptors (Lipinski definition) is 5. The molecule has 0 unspecified atom stereocenters. The van der Waals surface area contributed by atoms with Crippen molar-refractivity contribution in [3.05, 3.63) is 65.7 Å². The molecule has 5 nitrogen and oxygen atoms in total. The highest BCUT2D eigenvalue weighted by Crippen LogP contribution is 2.27. The second kappa shape index (κ2) is 9.77. The summed E-state index contributed by atoms with van der Waals surface area (Å²) in [4.78, 5) is 23.3. The number of carbonyl (C=O) groups excluding carboxylic acids is 2. The Bertz CT molecular complexity index is 773. The molecule has 0 spiro atoms. The van der Waals surface area contributed by atoms with E-state index in [1.165, 1.54) is 31.2 Å². The van der Waals surface area contributed by atoms with Crippen LogP contribution >= 0.6 is 0 Å². The van der Waals surface area contributed by atoms with E-state index in [0.29, 0.717) is 12.4 Å². The highest BCUT2D eigenvalue weighted by molar-refractivity contribution is 5.89. The average molecular weight is 396 g/mol. The minimum absolute atomic E-state index is 0.0677. The van der Waals surface area contributed by atoms with Crippen molar-refractivity contribution in [3.8, 4) is 5.75 Å². The third-order valence-corrected chi connectivity index (χ3v) is 3.61. The van der Waals surface area contributed by atoms with Crippen LogP contribution < -0.4 is 4.74 Å². The maximum Gasteiger partial charge on any atom is 0.426 e. The van der Waals surface area contributed by atoms with Crippen molar-refractivity contribution < 1.29 is 37.0 Å². The van der Waals surface area contributed by atoms with Gasteiger partial charge in [0.25, 0.3) is 0 Å². The fourth-order valence-corrected chi connectivity index (χ4v) is 2.22. The summed E-state index contributed by atoms with van der Waals surface area (Å²) in [5.74, 6) is -1.84. The number of ether oxygens (including phenoxy) is 3. The van der Waals surface area contributed by atoms with Crippen molar-refractivity contribution in [3.63, 3.8) is 0 Å². The first-order valence-corrected chi connectivity index (χ1v) is 8.49. The van der Waals surface area contributed by atoms with Crippen molar-refractivity contribution in [2.24, 2.45) is 0 Å². The van der Waals surface area contributed by atoms with Gasteiger partial charge in [-0.05, 0) is 36.8 Å². The summed E-state index contributed by atoms with van der Waals surface area (Å²) >= 11 is 0. The molecule has 2 aromatic rings. The summed E-state index contributed by atoms with van der Waals surface area (Å²) in [6.07, 6.45) is -8.56. The van der Waals surface area contributed by atoms with Gasteiger partial charge in [0.1, 0.15) is 12.4 Å². The van der Waals surface area contributed by atoms with Crippen LogP contribution in [-0.2, 0) is 20.9 Å². The summed E-state index contributed by atoms with van der Waals surface area (Å²) < 4.78 is 53.6. The summed E-state index contributed by atoms with van der Waals surface area (Å²) in [5, 5.41) is 0. The molecule has 28 heavy (non-hydrogen) atoms. The van der Waals surface area contributed by atoms with E-state index in [1.807, 2.05) is 30.3 Å². The first kappa shape index (κ1) is 21.3. The Morgan fingerprint density at radius 2 is 1.64 bits per heavy atom. The molecule has 0 bridgehead atoms. The highest BCUT2D eigenvalue weighted by atomic mass is 19.4. The summed E-state index contributed by atoms with van der Waals surface area (Å²) in [5.41, 5.74) is 0.850. The van der Waals surface area contributed by atoms with Crippen LogP contribution in [0.5, 0.6) is 5.75 Å². The minimum atomic E-state index is -4.89. The lowest BCUT2D eigenvalue weighted by atomic mass is 10.2. The van der Waals surface area contributed by atoms with E-state index in [-0.39, 0.29) is 12.2 Å². The van der Waals surface area contributed by atoms with Gasteiger partial charge in [-0.3, -0.25) is 4.79 Å². The molecule has 0 radical (unpaired) electrons. The zero-order valence-electron chi connectivity index (χ0n) is 15.1. The predicted octanol–water partition coefficient (Wildman–Crippen LogP) is 4.31. The molecule has 0 heterocycles. The number of alkyl halides is 3. The average Bonchev–Trinajstić information content (AvgIpc) is 2.66. The molecule has 0 saturated heterocycles. The van der Waals surface area contributed by atoms with Gasteiger partial charge < -0.3 is 14.2 Å². The summed E-state index contributed by atoms with van der Waals surface area (Å²) in [6, 6.07) is 14.9. The zero-order valence-corrected chi connectivity index (χ0v) is 15.1. The topological polar surface area (TPSA) is 61.8 Å². The van der Waals surface area contributed by atoms with Gasteiger partial charge in [0.15, 0.2) is 0 Å². The molecule has 0 aliphatic rings. The van der Waals surface area contributed by atoms with Gasteiger partial charge >= 0.3 is 18.1 Å². The van der Waals surface area contributed by atoms with Gasteiger partial charge in [0, 0.05) is 0 Å². The SMILES string of the molecule is CCOC(=O)C[C@@H](OC(=O)c1ccc(OCc2ccccc2)cc1)C(F)(F)F. The van der Waals surface area contributed by atoms with Crippen molar-refractivity contribution in [2.75, 3.05) is 6.61 Å². The molecular weight excluding hydrogens is 377 g/mol. The summed E-state index contributed by atoms with van der Waals surface area (Å²) in [6.45, 7) is 1.70. The molecule has 0 aliphatic heterocycles. The Morgan fingerprint density at radius 3 is 2.21 bits per heavy atom. The zero-order chi connectivity index (χ0) is 20.6. The van der Waals surface area contributed by atoms with E-state index >= 15 is 0 Å². The van der Waals surface area contributed by atoms with Crippen molar-refractivity contribution in [2.45, 2.75) is 32.2 Å². The smallest absolute Gasteiger partial charge is 0.426 e. The van der Waals surface area contributed by atoms with Crippen LogP contribution in [0.1, 0.15) is 29.3 Å². The van der Waals surface area contributed by atoms with E-state index in [2.05, 4.69) is 9.47 Å². The van der Waals surface area contributed by atoms with Crippen molar-refractivity contribution in [1.29, 1.82) is 0 Å². The molecule has 0 fully saturated rings. The number of rotatable bonds is 8. The van der Waals surface area contributed by atoms with Gasteiger partial charge in [0.2, 0.25) is 6.10 Å². The van der Waals surface area contributed by atoms with Crippen LogP contribution in [-0.4, -0.2) is 30.8 Å². The molecule has 2 aromatic carbocycles. The number of hydrogen-bond donors (Lipinski definition) is 0. The van der Waals surface area contributed by atoms with Crippen LogP contribution in [0.4, 0.5) is 13.2 Å². The Balaban J connectivity index is 1.97. The van der Waals surface area contributed by atoms with Crippen LogP contribution in [0.2, 0.25) is 0 Å². The third-order valence-electron chi connectivity index (χ3n) is 3.61. The normalized spacial score (nSPS) is 12.1. The van der Waals surface area contributed by atoms with Gasteiger partial charge in [-0.1, -0.05) is 30.3 Å². The first-order chi connectivity index (χ1) is 13.3. The van der Waals surface area contributed by atoms with E-state index in [1.54, 1.807) is 0 Å². The molecule has 2 rings (SSSR count). The maximum absolute atomic E-state index is 13.0. The van der Waals surface area contributed by atoms with Gasteiger partial charge in [-0.15, -0.1) is 0 Å². The molecule has 0 aliphatic carbocycles. The number of benzene rings is 2. The monoisotopic (exact) mass is 396 g/mol. The molecule has 0 aromatic heterocycles. The van der Waals surface area contributed by atoms with Gasteiger partial charge in [-0.2, -0.15) is 13.2 Å². The van der Waals surface area contributed by atoms with E-state index in [9.17, 15) is 22.8 Å². The highest BCUT2D eigenvalue weighted by Gasteiger charge is 2.44. The van der Waals surface area contributed by atoms with Crippen LogP contribution in [0, 0.1) is 0 Å². The van der Waals surface area contributed by atoms with Crippen LogP contribution in [0.15, 0.2) is 54.6 Å². The largest absolute Gasteiger partial charge is 0.489 e. The first-order valence-electron chi connectivity index (χ1n) is 8.49. The lowest BCUT2D eigenvalue weighted by Crippen LogP contribution is -2.36. The number of carbonyl (C=O) groups is 2. The molecular formula is C20H19F3O5. The second-order valence-electron chi connectivity index (χ2n) is 5.74. The standard InChI is InChI=1S/C20H19F3O5/c1-2-26-18(24)12-17(20(21,22)23)28-19(25)15-8-10-16(11-9-15)27-13-14-6-4-3-5-7-14/h3-11,17H,2,12-13H2,1H3/t17-/m1/s1. The van der Waals surface area contributed by atoms with Crippen LogP contribution in [0.25, 0.3) is 0 Å². The molecule has 150 valence electrons. The Labute approximate surface area is 160 Å². The number of halogens is 3. The van der Waals surface area contributed by atoms with Crippen molar-refractivity contribution in [1.82, 2.24) is 0 Å². The van der Waals surface area contributed by atoms with Crippen molar-refractivity contribution >= 4 is 11.9 Å². The maximum atomic E-state index is 13.0. The number of esters is 2. The molecule has 0 N–H and O–H groups in total. The predicted molar refractivity (Wildman–Crippen MR) is 93.7 cm³/mol. The fraction of sp³-hybridized carbons (Fsp3) is 0.300. The molecule has 0 amide bonds. The van der Waals surface area contributed by atoms with E-state index in [4.69, 9.17) is 4.74 Å². The third kappa shape index (κ3) is 6.61. The van der Waals surface area contributed by atoms with Gasteiger partial charge in [-0.25, -0.2) is 4.79 Å². The Morgan fingerprint density at radius 1 is 1.00 bits per heavy atom. The van der Waals surface area contributed by atoms with E-state index < -0.39 is 30.6 Å². The minimum Gasteiger partial charge on any atom is -0.489 e. The fourth-order valence-electron chi connectivity index (χ4n) is 2.22. The van der Waals surface area contributed by atoms with Gasteiger partial charge in [0.05, 0.1) is 18.6 Å². The quantitative estimate of drug-likeness (QED) is 0.623. The second-order valence-corrected chi connectivity index (χ2v) is 5.74. The lowest BCUT2D eigenvalue weighted by molar-refractivity contribution is -0.209. The molecule has 1 atom stereocenters. The summed E-state index contributed by atoms with van der Waals surface area (Å²) in [7, 11) is 0. The van der Waals surface area contributed by atoms with E-state index in [0.717, 1.165) is 5.56 Å². The Hall–Kier alpha value is -3.03. The Kier molecular flexibility index (Phi) is 7.43. The molecule has 8 heteroatoms. The van der Waals surface area contributed by atoms with Crippen LogP contribution in [0.3, 0.4) is 0 Å². The lowest BCUT2D eigenvalue weighted by Gasteiger charge is -2.20. The molecule has 0 saturated carbocycles.